The van der Waals surface area contributed by atoms with Gasteiger partial charge < -0.3 is 20.8 Å². The Labute approximate surface area is 125 Å². The van der Waals surface area contributed by atoms with E-state index in [2.05, 4.69) is 0 Å². The summed E-state index contributed by atoms with van der Waals surface area (Å²) in [5, 5.41) is 19.5. The number of nitrogens with two attached hydrogens (primary N) is 1. The quantitative estimate of drug-likeness (QED) is 0.743. The van der Waals surface area contributed by atoms with E-state index in [9.17, 15) is 15.0 Å². The van der Waals surface area contributed by atoms with Gasteiger partial charge in [0.15, 0.2) is 11.5 Å². The van der Waals surface area contributed by atoms with Gasteiger partial charge in [-0.3, -0.25) is 4.79 Å². The largest absolute Gasteiger partial charge is 0.504 e. The molecule has 0 saturated heterocycles. The number of hydrogen-bond donors (Lipinski definition) is 3. The van der Waals surface area contributed by atoms with Crippen molar-refractivity contribution in [3.05, 3.63) is 23.8 Å². The number of nitrogens with zero attached hydrogens (tertiary/aromatic N) is 1. The Bertz CT molecular complexity index is 496. The molecule has 116 valence electrons. The van der Waals surface area contributed by atoms with Crippen LogP contribution in [0, 0.1) is 0 Å². The normalized spacial score (nSPS) is 22.0. The molecule has 21 heavy (non-hydrogen) atoms. The van der Waals surface area contributed by atoms with E-state index in [4.69, 9.17) is 5.73 Å². The third kappa shape index (κ3) is 3.47. The van der Waals surface area contributed by atoms with E-state index in [-0.39, 0.29) is 35.1 Å². The minimum absolute atomic E-state index is 0.165. The highest BCUT2D eigenvalue weighted by molar-refractivity contribution is 5.97. The van der Waals surface area contributed by atoms with Crippen molar-refractivity contribution < 1.29 is 15.0 Å². The second-order valence-electron chi connectivity index (χ2n) is 5.74. The molecule has 1 aliphatic rings. The van der Waals surface area contributed by atoms with Crippen LogP contribution in [0.25, 0.3) is 0 Å². The van der Waals surface area contributed by atoms with Crippen LogP contribution in [-0.4, -0.2) is 39.6 Å². The molecule has 5 heteroatoms. The topological polar surface area (TPSA) is 86.8 Å². The molecule has 0 radical (unpaired) electrons. The summed E-state index contributed by atoms with van der Waals surface area (Å²) in [6.45, 7) is 2.67. The molecule has 0 unspecified atom stereocenters. The van der Waals surface area contributed by atoms with Crippen LogP contribution < -0.4 is 5.73 Å². The lowest BCUT2D eigenvalue weighted by molar-refractivity contribution is 0.0623. The van der Waals surface area contributed by atoms with Crippen molar-refractivity contribution in [2.75, 3.05) is 6.54 Å². The zero-order valence-electron chi connectivity index (χ0n) is 12.5. The number of hydrogen-bond acceptors (Lipinski definition) is 4. The first-order valence-corrected chi connectivity index (χ1v) is 7.62. The molecular formula is C16H24N2O3. The zero-order valence-corrected chi connectivity index (χ0v) is 12.5. The summed E-state index contributed by atoms with van der Waals surface area (Å²) < 4.78 is 0. The van der Waals surface area contributed by atoms with Crippen LogP contribution in [0.1, 0.15) is 49.4 Å². The van der Waals surface area contributed by atoms with E-state index in [0.29, 0.717) is 6.54 Å². The van der Waals surface area contributed by atoms with E-state index in [1.54, 1.807) is 12.1 Å². The first-order chi connectivity index (χ1) is 10.0. The molecule has 0 aliphatic heterocycles. The molecule has 1 aliphatic carbocycles. The molecule has 0 bridgehead atoms. The molecule has 1 amide bonds. The number of para-hydroxylation sites is 1. The van der Waals surface area contributed by atoms with E-state index >= 15 is 0 Å². The summed E-state index contributed by atoms with van der Waals surface area (Å²) in [4.78, 5) is 14.5. The van der Waals surface area contributed by atoms with Crippen LogP contribution in [-0.2, 0) is 0 Å². The Morgan fingerprint density at radius 2 is 1.95 bits per heavy atom. The van der Waals surface area contributed by atoms with Gasteiger partial charge in [0.1, 0.15) is 0 Å². The zero-order chi connectivity index (χ0) is 15.4. The highest BCUT2D eigenvalue weighted by atomic mass is 16.3. The lowest BCUT2D eigenvalue weighted by atomic mass is 9.90. The Kier molecular flexibility index (Phi) is 5.07. The van der Waals surface area contributed by atoms with Crippen LogP contribution in [0.3, 0.4) is 0 Å². The fraction of sp³-hybridized carbons (Fsp3) is 0.562. The summed E-state index contributed by atoms with van der Waals surface area (Å²) in [6, 6.07) is 4.89. The van der Waals surface area contributed by atoms with Crippen molar-refractivity contribution in [2.24, 2.45) is 5.73 Å². The van der Waals surface area contributed by atoms with Crippen molar-refractivity contribution in [3.8, 4) is 11.5 Å². The molecular weight excluding hydrogens is 268 g/mol. The van der Waals surface area contributed by atoms with Crippen molar-refractivity contribution in [2.45, 2.75) is 51.1 Å². The van der Waals surface area contributed by atoms with Crippen molar-refractivity contribution in [1.82, 2.24) is 4.90 Å². The van der Waals surface area contributed by atoms with Crippen molar-refractivity contribution >= 4 is 5.91 Å². The number of rotatable bonds is 4. The molecule has 1 fully saturated rings. The van der Waals surface area contributed by atoms with Crippen LogP contribution in [0.15, 0.2) is 18.2 Å². The Balaban J connectivity index is 2.21. The summed E-state index contributed by atoms with van der Waals surface area (Å²) in [6.07, 6.45) is 4.49. The summed E-state index contributed by atoms with van der Waals surface area (Å²) in [5.41, 5.74) is 6.09. The first-order valence-electron chi connectivity index (χ1n) is 7.62. The van der Waals surface area contributed by atoms with Gasteiger partial charge >= 0.3 is 0 Å². The number of phenolic OH excluding ortho intramolecular Hbond substituents is 2. The SMILES string of the molecule is CCCN(C(=O)c1cccc(O)c1O)C1CCC(N)CC1. The highest BCUT2D eigenvalue weighted by Gasteiger charge is 2.29. The number of amides is 1. The van der Waals surface area contributed by atoms with E-state index in [1.165, 1.54) is 6.07 Å². The van der Waals surface area contributed by atoms with Gasteiger partial charge in [0.2, 0.25) is 0 Å². The predicted octanol–water partition coefficient (Wildman–Crippen LogP) is 2.22. The lowest BCUT2D eigenvalue weighted by Crippen LogP contribution is -2.44. The molecule has 1 aromatic rings. The van der Waals surface area contributed by atoms with E-state index in [0.717, 1.165) is 32.1 Å². The maximum atomic E-state index is 12.7. The number of aromatic hydroxyl groups is 2. The van der Waals surface area contributed by atoms with Crippen LogP contribution >= 0.6 is 0 Å². The second-order valence-corrected chi connectivity index (χ2v) is 5.74. The maximum Gasteiger partial charge on any atom is 0.258 e. The standard InChI is InChI=1S/C16H24N2O3/c1-2-10-18(12-8-6-11(17)7-9-12)16(21)13-4-3-5-14(19)15(13)20/h3-5,11-12,19-20H,2,6-10,17H2,1H3. The van der Waals surface area contributed by atoms with Gasteiger partial charge in [-0.05, 0) is 44.2 Å². The maximum absolute atomic E-state index is 12.7. The summed E-state index contributed by atoms with van der Waals surface area (Å²) in [7, 11) is 0. The van der Waals surface area contributed by atoms with Crippen molar-refractivity contribution in [1.29, 1.82) is 0 Å². The third-order valence-corrected chi connectivity index (χ3v) is 4.15. The van der Waals surface area contributed by atoms with E-state index in [1.807, 2.05) is 11.8 Å². The molecule has 0 heterocycles. The molecule has 2 rings (SSSR count). The molecule has 5 nitrogen and oxygen atoms in total. The van der Waals surface area contributed by atoms with E-state index < -0.39 is 0 Å². The van der Waals surface area contributed by atoms with Gasteiger partial charge in [-0.2, -0.15) is 0 Å². The first kappa shape index (κ1) is 15.6. The Hall–Kier alpha value is -1.75. The average molecular weight is 292 g/mol. The summed E-state index contributed by atoms with van der Waals surface area (Å²) in [5.74, 6) is -0.815. The Morgan fingerprint density at radius 3 is 2.57 bits per heavy atom. The molecule has 4 N–H and O–H groups in total. The minimum atomic E-state index is -0.337. The number of phenols is 2. The average Bonchev–Trinajstić information content (AvgIpc) is 2.48. The van der Waals surface area contributed by atoms with Gasteiger partial charge in [-0.25, -0.2) is 0 Å². The lowest BCUT2D eigenvalue weighted by Gasteiger charge is -2.36. The molecule has 1 saturated carbocycles. The number of carbonyl (C=O) groups excluding carboxylic acids is 1. The highest BCUT2D eigenvalue weighted by Crippen LogP contribution is 2.31. The van der Waals surface area contributed by atoms with Crippen LogP contribution in [0.4, 0.5) is 0 Å². The van der Waals surface area contributed by atoms with Crippen LogP contribution in [0.2, 0.25) is 0 Å². The van der Waals surface area contributed by atoms with Crippen LogP contribution in [0.5, 0.6) is 11.5 Å². The second kappa shape index (κ2) is 6.80. The third-order valence-electron chi connectivity index (χ3n) is 4.15. The fourth-order valence-electron chi connectivity index (χ4n) is 2.96. The van der Waals surface area contributed by atoms with Crippen molar-refractivity contribution in [3.63, 3.8) is 0 Å². The number of benzene rings is 1. The molecule has 0 aromatic heterocycles. The Morgan fingerprint density at radius 1 is 1.29 bits per heavy atom. The van der Waals surface area contributed by atoms with Gasteiger partial charge in [0, 0.05) is 18.6 Å². The molecule has 1 aromatic carbocycles. The monoisotopic (exact) mass is 292 g/mol. The van der Waals surface area contributed by atoms with Gasteiger partial charge in [-0.15, -0.1) is 0 Å². The molecule has 0 spiro atoms. The fourth-order valence-corrected chi connectivity index (χ4v) is 2.96. The van der Waals surface area contributed by atoms with Gasteiger partial charge in [0.05, 0.1) is 5.56 Å². The number of carbonyl (C=O) groups is 1. The summed E-state index contributed by atoms with van der Waals surface area (Å²) >= 11 is 0. The molecule has 0 atom stereocenters. The van der Waals surface area contributed by atoms with Gasteiger partial charge in [-0.1, -0.05) is 13.0 Å². The smallest absolute Gasteiger partial charge is 0.258 e. The minimum Gasteiger partial charge on any atom is -0.504 e. The predicted molar refractivity (Wildman–Crippen MR) is 81.3 cm³/mol. The van der Waals surface area contributed by atoms with Gasteiger partial charge in [0.25, 0.3) is 5.91 Å².